The summed E-state index contributed by atoms with van der Waals surface area (Å²) in [7, 11) is 3.23. The van der Waals surface area contributed by atoms with Crippen molar-refractivity contribution in [2.24, 2.45) is 11.8 Å². The number of methoxy groups -OCH3 is 2. The molecule has 2 aromatic rings. The topological polar surface area (TPSA) is 106 Å². The van der Waals surface area contributed by atoms with Crippen molar-refractivity contribution in [3.63, 3.8) is 0 Å². The van der Waals surface area contributed by atoms with Crippen molar-refractivity contribution in [3.05, 3.63) is 71.8 Å². The first-order valence-electron chi connectivity index (χ1n) is 15.3. The molecule has 4 aliphatic rings. The lowest BCUT2D eigenvalue weighted by molar-refractivity contribution is -0.145. The van der Waals surface area contributed by atoms with E-state index in [1.807, 2.05) is 67.6 Å². The molecule has 3 amide bonds. The molecule has 0 aromatic heterocycles. The summed E-state index contributed by atoms with van der Waals surface area (Å²) >= 11 is 0. The highest BCUT2D eigenvalue weighted by Gasteiger charge is 2.76. The van der Waals surface area contributed by atoms with Crippen LogP contribution in [0.15, 0.2) is 60.7 Å². The van der Waals surface area contributed by atoms with Gasteiger partial charge in [-0.25, -0.2) is 0 Å². The van der Waals surface area contributed by atoms with Crippen molar-refractivity contribution in [2.45, 2.75) is 75.3 Å². The first-order valence-corrected chi connectivity index (χ1v) is 15.3. The third kappa shape index (κ3) is 5.28. The highest BCUT2D eigenvalue weighted by Crippen LogP contribution is 2.59. The summed E-state index contributed by atoms with van der Waals surface area (Å²) in [5.74, 6) is -0.742. The van der Waals surface area contributed by atoms with E-state index in [1.54, 1.807) is 19.1 Å². The predicted octanol–water partition coefficient (Wildman–Crippen LogP) is 3.55. The second-order valence-corrected chi connectivity index (χ2v) is 12.4. The molecule has 2 aromatic carbocycles. The molecule has 43 heavy (non-hydrogen) atoms. The number of nitrogens with zero attached hydrogens (tertiary/aromatic N) is 1. The zero-order chi connectivity index (χ0) is 30.2. The molecular weight excluding hydrogens is 546 g/mol. The van der Waals surface area contributed by atoms with Gasteiger partial charge in [-0.2, -0.15) is 0 Å². The van der Waals surface area contributed by atoms with Gasteiger partial charge in [0.15, 0.2) is 0 Å². The Morgan fingerprint density at radius 3 is 2.16 bits per heavy atom. The molecular formula is C34H41N3O6. The van der Waals surface area contributed by atoms with Crippen molar-refractivity contribution >= 4 is 17.7 Å². The fraction of sp³-hybridized carbons (Fsp3) is 0.500. The Morgan fingerprint density at radius 1 is 0.907 bits per heavy atom. The minimum absolute atomic E-state index is 0.0806. The Hall–Kier alpha value is -3.85. The van der Waals surface area contributed by atoms with E-state index in [9.17, 15) is 14.4 Å². The van der Waals surface area contributed by atoms with Crippen molar-refractivity contribution in [2.75, 3.05) is 20.8 Å². The maximum atomic E-state index is 14.3. The van der Waals surface area contributed by atoms with Crippen LogP contribution in [0.5, 0.6) is 11.5 Å². The van der Waals surface area contributed by atoms with E-state index in [2.05, 4.69) is 10.6 Å². The lowest BCUT2D eigenvalue weighted by Crippen LogP contribution is -2.57. The van der Waals surface area contributed by atoms with E-state index in [-0.39, 0.29) is 23.8 Å². The summed E-state index contributed by atoms with van der Waals surface area (Å²) in [5.41, 5.74) is -0.254. The number of fused-ring (bicyclic) bond motifs is 1. The second-order valence-electron chi connectivity index (χ2n) is 12.4. The van der Waals surface area contributed by atoms with E-state index < -0.39 is 29.1 Å². The number of carbonyl (C=O) groups excluding carboxylic acids is 3. The van der Waals surface area contributed by atoms with Gasteiger partial charge < -0.3 is 29.7 Å². The smallest absolute Gasteiger partial charge is 0.246 e. The van der Waals surface area contributed by atoms with E-state index in [4.69, 9.17) is 14.2 Å². The molecule has 1 spiro atoms. The molecule has 3 heterocycles. The van der Waals surface area contributed by atoms with Crippen molar-refractivity contribution < 1.29 is 28.6 Å². The van der Waals surface area contributed by atoms with Gasteiger partial charge in [0.2, 0.25) is 17.7 Å². The summed E-state index contributed by atoms with van der Waals surface area (Å²) < 4.78 is 17.2. The Labute approximate surface area is 252 Å². The molecule has 2 bridgehead atoms. The molecule has 2 saturated heterocycles. The zero-order valence-corrected chi connectivity index (χ0v) is 25.1. The molecule has 1 saturated carbocycles. The third-order valence-electron chi connectivity index (χ3n) is 9.71. The SMILES string of the molecule is COc1ccc(CCN2C(=O)[C@@H]3[C@H](C(=O)NCc4ccc(OC)cc4)[C@@]4(C)C=C[C@@]3(O4)[C@@H]2C(=O)NC2CCCCC2)cc1. The fourth-order valence-electron chi connectivity index (χ4n) is 7.48. The van der Waals surface area contributed by atoms with Crippen LogP contribution in [-0.4, -0.2) is 66.7 Å². The number of rotatable bonds is 10. The van der Waals surface area contributed by atoms with Crippen LogP contribution in [0.25, 0.3) is 0 Å². The molecule has 228 valence electrons. The number of likely N-dealkylation sites (tertiary alicyclic amines) is 1. The van der Waals surface area contributed by atoms with Crippen LogP contribution in [0, 0.1) is 11.8 Å². The number of benzene rings is 2. The van der Waals surface area contributed by atoms with Crippen LogP contribution in [0.3, 0.4) is 0 Å². The van der Waals surface area contributed by atoms with Crippen LogP contribution in [0.2, 0.25) is 0 Å². The minimum atomic E-state index is -1.20. The maximum Gasteiger partial charge on any atom is 0.246 e. The molecule has 2 N–H and O–H groups in total. The van der Waals surface area contributed by atoms with Gasteiger partial charge in [-0.1, -0.05) is 55.7 Å². The van der Waals surface area contributed by atoms with E-state index in [0.29, 0.717) is 19.5 Å². The molecule has 9 nitrogen and oxygen atoms in total. The van der Waals surface area contributed by atoms with Gasteiger partial charge in [0, 0.05) is 19.1 Å². The van der Waals surface area contributed by atoms with Gasteiger partial charge in [0.05, 0.1) is 31.7 Å². The lowest BCUT2D eigenvalue weighted by Gasteiger charge is -2.34. The van der Waals surface area contributed by atoms with Crippen LogP contribution in [0.4, 0.5) is 0 Å². The van der Waals surface area contributed by atoms with Crippen LogP contribution in [-0.2, 0) is 32.1 Å². The normalized spacial score (nSPS) is 29.4. The van der Waals surface area contributed by atoms with Crippen LogP contribution in [0.1, 0.15) is 50.2 Å². The van der Waals surface area contributed by atoms with Gasteiger partial charge in [0.25, 0.3) is 0 Å². The van der Waals surface area contributed by atoms with Crippen molar-refractivity contribution in [1.29, 1.82) is 0 Å². The molecule has 0 unspecified atom stereocenters. The highest BCUT2D eigenvalue weighted by molar-refractivity contribution is 6.00. The Kier molecular flexibility index (Phi) is 7.94. The molecule has 3 fully saturated rings. The summed E-state index contributed by atoms with van der Waals surface area (Å²) in [6, 6.07) is 14.4. The van der Waals surface area contributed by atoms with E-state index >= 15 is 0 Å². The van der Waals surface area contributed by atoms with Crippen molar-refractivity contribution in [3.8, 4) is 11.5 Å². The Bertz CT molecular complexity index is 1390. The maximum absolute atomic E-state index is 14.3. The van der Waals surface area contributed by atoms with Gasteiger partial charge >= 0.3 is 0 Å². The molecule has 5 atom stereocenters. The molecule has 9 heteroatoms. The number of nitrogens with one attached hydrogen (secondary N) is 2. The largest absolute Gasteiger partial charge is 0.497 e. The van der Waals surface area contributed by atoms with Gasteiger partial charge in [0.1, 0.15) is 23.1 Å². The second kappa shape index (κ2) is 11.7. The first kappa shape index (κ1) is 29.2. The molecule has 0 radical (unpaired) electrons. The van der Waals surface area contributed by atoms with Crippen LogP contribution >= 0.6 is 0 Å². The quantitative estimate of drug-likeness (QED) is 0.412. The average Bonchev–Trinajstić information content (AvgIpc) is 3.60. The summed E-state index contributed by atoms with van der Waals surface area (Å²) in [6.45, 7) is 2.49. The average molecular weight is 588 g/mol. The first-order chi connectivity index (χ1) is 20.8. The standard InChI is InChI=1S/C34H41N3O6/c1-33-18-19-34(43-33)28(27(33)30(38)35-21-23-11-15-26(42-3)16-12-23)32(40)37(20-17-22-9-13-25(41-2)14-10-22)29(34)31(39)36-24-7-5-4-6-8-24/h9-16,18-19,24,27-29H,4-8,17,20-21H2,1-3H3,(H,35,38)(H,36,39)/t27-,28+,29+,33-,34+/m1/s1. The monoisotopic (exact) mass is 587 g/mol. The third-order valence-corrected chi connectivity index (χ3v) is 9.71. The lowest BCUT2D eigenvalue weighted by atomic mass is 9.70. The fourth-order valence-corrected chi connectivity index (χ4v) is 7.48. The van der Waals surface area contributed by atoms with Gasteiger partial charge in [-0.3, -0.25) is 14.4 Å². The number of amides is 3. The molecule has 1 aliphatic carbocycles. The number of carbonyl (C=O) groups is 3. The Balaban J connectivity index is 1.26. The van der Waals surface area contributed by atoms with E-state index in [0.717, 1.165) is 48.3 Å². The number of hydrogen-bond donors (Lipinski definition) is 2. The van der Waals surface area contributed by atoms with E-state index in [1.165, 1.54) is 6.42 Å². The number of hydrogen-bond acceptors (Lipinski definition) is 6. The van der Waals surface area contributed by atoms with Crippen molar-refractivity contribution in [1.82, 2.24) is 15.5 Å². The predicted molar refractivity (Wildman–Crippen MR) is 160 cm³/mol. The number of ether oxygens (including phenoxy) is 3. The summed E-state index contributed by atoms with van der Waals surface area (Å²) in [4.78, 5) is 43.9. The van der Waals surface area contributed by atoms with Gasteiger partial charge in [-0.15, -0.1) is 0 Å². The highest BCUT2D eigenvalue weighted by atomic mass is 16.5. The summed E-state index contributed by atoms with van der Waals surface area (Å²) in [5, 5.41) is 6.29. The summed E-state index contributed by atoms with van der Waals surface area (Å²) in [6.07, 6.45) is 9.50. The zero-order valence-electron chi connectivity index (χ0n) is 25.1. The molecule has 3 aliphatic heterocycles. The molecule has 6 rings (SSSR count). The van der Waals surface area contributed by atoms with Gasteiger partial charge in [-0.05, 0) is 61.6 Å². The Morgan fingerprint density at radius 2 is 1.53 bits per heavy atom. The van der Waals surface area contributed by atoms with Crippen LogP contribution < -0.4 is 20.1 Å². The minimum Gasteiger partial charge on any atom is -0.497 e.